The standard InChI is InChI=1S/C27H32N4O7.CO2/c1-18(24(33)30-21(26(35)36)15-19-9-4-2-5-10-19)29-25(34)22-13-8-14-31(22)23(32)16-28-27(37)38-17-20-11-6-3-7-12-20;2-1-3/h2-7,9-12,18,21-22H,8,13-17H2,1H3,(H,28,37)(H,29,34)(H,30,33)(H,35,36);/t18-,21-,22-;/m0./s1. The van der Waals surface area contributed by atoms with Crippen molar-refractivity contribution in [1.29, 1.82) is 0 Å². The highest BCUT2D eigenvalue weighted by atomic mass is 16.5. The number of hydrogen-bond donors (Lipinski definition) is 4. The second kappa shape index (κ2) is 16.8. The van der Waals surface area contributed by atoms with E-state index in [0.29, 0.717) is 19.4 Å². The number of carboxylic acids is 1. The van der Waals surface area contributed by atoms with E-state index < -0.39 is 47.9 Å². The van der Waals surface area contributed by atoms with Crippen molar-refractivity contribution in [1.82, 2.24) is 20.9 Å². The molecular formula is C28H32N4O9. The summed E-state index contributed by atoms with van der Waals surface area (Å²) in [6.45, 7) is 1.49. The molecule has 0 unspecified atom stereocenters. The number of nitrogens with one attached hydrogen (secondary N) is 3. The van der Waals surface area contributed by atoms with Crippen LogP contribution >= 0.6 is 0 Å². The lowest BCUT2D eigenvalue weighted by Crippen LogP contribution is -2.55. The van der Waals surface area contributed by atoms with Crippen LogP contribution in [0.15, 0.2) is 60.7 Å². The van der Waals surface area contributed by atoms with Crippen molar-refractivity contribution < 1.29 is 43.4 Å². The molecule has 3 atom stereocenters. The molecule has 0 radical (unpaired) electrons. The van der Waals surface area contributed by atoms with Gasteiger partial charge < -0.3 is 30.7 Å². The van der Waals surface area contributed by atoms with E-state index >= 15 is 0 Å². The smallest absolute Gasteiger partial charge is 0.407 e. The summed E-state index contributed by atoms with van der Waals surface area (Å²) < 4.78 is 5.09. The number of likely N-dealkylation sites (tertiary alicyclic amines) is 1. The van der Waals surface area contributed by atoms with Gasteiger partial charge in [0, 0.05) is 13.0 Å². The van der Waals surface area contributed by atoms with Crippen LogP contribution < -0.4 is 16.0 Å². The molecule has 1 saturated heterocycles. The van der Waals surface area contributed by atoms with Crippen LogP contribution in [0.4, 0.5) is 4.79 Å². The van der Waals surface area contributed by atoms with Gasteiger partial charge in [0.25, 0.3) is 0 Å². The van der Waals surface area contributed by atoms with Gasteiger partial charge in [-0.25, -0.2) is 9.59 Å². The van der Waals surface area contributed by atoms with Gasteiger partial charge in [0.15, 0.2) is 0 Å². The molecule has 13 heteroatoms. The average Bonchev–Trinajstić information content (AvgIpc) is 3.46. The third-order valence-electron chi connectivity index (χ3n) is 6.12. The number of carbonyl (C=O) groups is 5. The Hall–Kier alpha value is -5.03. The summed E-state index contributed by atoms with van der Waals surface area (Å²) >= 11 is 0. The lowest BCUT2D eigenvalue weighted by molar-refractivity contribution is -0.191. The highest BCUT2D eigenvalue weighted by Crippen LogP contribution is 2.17. The van der Waals surface area contributed by atoms with Crippen molar-refractivity contribution in [3.63, 3.8) is 0 Å². The van der Waals surface area contributed by atoms with Crippen LogP contribution in [0.1, 0.15) is 30.9 Å². The summed E-state index contributed by atoms with van der Waals surface area (Å²) in [5, 5.41) is 16.9. The first-order chi connectivity index (χ1) is 19.7. The van der Waals surface area contributed by atoms with Gasteiger partial charge in [0.05, 0.1) is 0 Å². The molecule has 0 aliphatic carbocycles. The van der Waals surface area contributed by atoms with Gasteiger partial charge in [0.2, 0.25) is 17.7 Å². The number of carbonyl (C=O) groups excluding carboxylic acids is 6. The molecule has 1 aliphatic rings. The highest BCUT2D eigenvalue weighted by molar-refractivity contribution is 5.94. The predicted octanol–water partition coefficient (Wildman–Crippen LogP) is 0.637. The Balaban J connectivity index is 0.00000187. The van der Waals surface area contributed by atoms with E-state index in [9.17, 15) is 29.1 Å². The summed E-state index contributed by atoms with van der Waals surface area (Å²) in [5.41, 5.74) is 1.55. The maximum absolute atomic E-state index is 12.9. The lowest BCUT2D eigenvalue weighted by atomic mass is 10.1. The number of rotatable bonds is 11. The summed E-state index contributed by atoms with van der Waals surface area (Å²) in [6.07, 6.45) is 0.571. The fraction of sp³-hybridized carbons (Fsp3) is 0.357. The lowest BCUT2D eigenvalue weighted by Gasteiger charge is -2.26. The van der Waals surface area contributed by atoms with Crippen LogP contribution in [0.2, 0.25) is 0 Å². The van der Waals surface area contributed by atoms with Gasteiger partial charge in [-0.3, -0.25) is 14.4 Å². The molecule has 0 saturated carbocycles. The number of benzene rings is 2. The molecule has 0 bridgehead atoms. The van der Waals surface area contributed by atoms with Crippen molar-refractivity contribution in [2.24, 2.45) is 0 Å². The van der Waals surface area contributed by atoms with E-state index in [1.54, 1.807) is 42.5 Å². The minimum atomic E-state index is -1.19. The summed E-state index contributed by atoms with van der Waals surface area (Å²) in [7, 11) is 0. The van der Waals surface area contributed by atoms with E-state index in [-0.39, 0.29) is 25.7 Å². The summed E-state index contributed by atoms with van der Waals surface area (Å²) in [5.74, 6) is -2.83. The molecule has 1 heterocycles. The van der Waals surface area contributed by atoms with E-state index in [1.165, 1.54) is 11.8 Å². The first kappa shape index (κ1) is 32.2. The Morgan fingerprint density at radius 2 is 1.56 bits per heavy atom. The Labute approximate surface area is 236 Å². The van der Waals surface area contributed by atoms with Crippen LogP contribution in [0, 0.1) is 0 Å². The van der Waals surface area contributed by atoms with Crippen LogP contribution in [-0.2, 0) is 46.5 Å². The fourth-order valence-electron chi connectivity index (χ4n) is 4.08. The molecule has 1 aliphatic heterocycles. The number of nitrogens with zero attached hydrogens (tertiary/aromatic N) is 1. The zero-order chi connectivity index (χ0) is 30.2. The van der Waals surface area contributed by atoms with Gasteiger partial charge in [-0.2, -0.15) is 9.59 Å². The molecule has 4 N–H and O–H groups in total. The van der Waals surface area contributed by atoms with Crippen LogP contribution in [-0.4, -0.2) is 77.2 Å². The quantitative estimate of drug-likeness (QED) is 0.301. The maximum atomic E-state index is 12.9. The normalized spacial score (nSPS) is 15.1. The zero-order valence-corrected chi connectivity index (χ0v) is 22.4. The van der Waals surface area contributed by atoms with E-state index in [4.69, 9.17) is 14.3 Å². The molecule has 1 fully saturated rings. The molecule has 13 nitrogen and oxygen atoms in total. The van der Waals surface area contributed by atoms with Crippen molar-refractivity contribution in [3.8, 4) is 0 Å². The van der Waals surface area contributed by atoms with Crippen LogP contribution in [0.25, 0.3) is 0 Å². The molecule has 0 spiro atoms. The Kier molecular flexibility index (Phi) is 13.2. The molecule has 41 heavy (non-hydrogen) atoms. The van der Waals surface area contributed by atoms with Crippen molar-refractivity contribution in [3.05, 3.63) is 71.8 Å². The molecule has 2 aromatic carbocycles. The number of carboxylic acid groups (broad SMARTS) is 1. The van der Waals surface area contributed by atoms with Gasteiger partial charge in [-0.1, -0.05) is 60.7 Å². The van der Waals surface area contributed by atoms with Crippen LogP contribution in [0.3, 0.4) is 0 Å². The number of hydrogen-bond acceptors (Lipinski definition) is 8. The average molecular weight is 569 g/mol. The van der Waals surface area contributed by atoms with Crippen LogP contribution in [0.5, 0.6) is 0 Å². The highest BCUT2D eigenvalue weighted by Gasteiger charge is 2.35. The van der Waals surface area contributed by atoms with Crippen molar-refractivity contribution in [2.75, 3.05) is 13.1 Å². The second-order valence-corrected chi connectivity index (χ2v) is 9.06. The zero-order valence-electron chi connectivity index (χ0n) is 22.4. The number of aliphatic carboxylic acids is 1. The number of ether oxygens (including phenoxy) is 1. The van der Waals surface area contributed by atoms with E-state index in [1.807, 2.05) is 18.2 Å². The molecule has 218 valence electrons. The second-order valence-electron chi connectivity index (χ2n) is 9.06. The van der Waals surface area contributed by atoms with E-state index in [2.05, 4.69) is 16.0 Å². The SMILES string of the molecule is C[C@H](NC(=O)[C@@H]1CCCN1C(=O)CNC(=O)OCc1ccccc1)C(=O)N[C@@H](Cc1ccccc1)C(=O)O.O=C=O. The molecule has 0 aromatic heterocycles. The monoisotopic (exact) mass is 568 g/mol. The summed E-state index contributed by atoms with van der Waals surface area (Å²) in [4.78, 5) is 79.4. The van der Waals surface area contributed by atoms with Crippen molar-refractivity contribution in [2.45, 2.75) is 50.9 Å². The Morgan fingerprint density at radius 1 is 0.976 bits per heavy atom. The van der Waals surface area contributed by atoms with Gasteiger partial charge in [-0.05, 0) is 30.9 Å². The Morgan fingerprint density at radius 3 is 2.15 bits per heavy atom. The number of amides is 4. The Bertz CT molecular complexity index is 1220. The molecule has 3 rings (SSSR count). The van der Waals surface area contributed by atoms with Gasteiger partial charge in [0.1, 0.15) is 31.3 Å². The first-order valence-electron chi connectivity index (χ1n) is 12.8. The van der Waals surface area contributed by atoms with Crippen molar-refractivity contribution >= 4 is 35.9 Å². The predicted molar refractivity (Wildman–Crippen MR) is 142 cm³/mol. The summed E-state index contributed by atoms with van der Waals surface area (Å²) in [6, 6.07) is 15.0. The largest absolute Gasteiger partial charge is 0.480 e. The minimum Gasteiger partial charge on any atom is -0.480 e. The van der Waals surface area contributed by atoms with E-state index in [0.717, 1.165) is 11.1 Å². The molecule has 2 aromatic rings. The molecular weight excluding hydrogens is 536 g/mol. The molecule has 4 amide bonds. The fourth-order valence-corrected chi connectivity index (χ4v) is 4.08. The third kappa shape index (κ3) is 10.9. The van der Waals surface area contributed by atoms with Gasteiger partial charge in [-0.15, -0.1) is 0 Å². The first-order valence-corrected chi connectivity index (χ1v) is 12.8. The number of alkyl carbamates (subject to hydrolysis) is 1. The van der Waals surface area contributed by atoms with Gasteiger partial charge >= 0.3 is 18.2 Å². The third-order valence-corrected chi connectivity index (χ3v) is 6.12. The minimum absolute atomic E-state index is 0.0592. The topological polar surface area (TPSA) is 188 Å². The maximum Gasteiger partial charge on any atom is 0.407 e.